The summed E-state index contributed by atoms with van der Waals surface area (Å²) in [6.07, 6.45) is 0.520. The second-order valence-corrected chi connectivity index (χ2v) is 3.87. The minimum atomic E-state index is -0.425. The molecule has 1 amide bonds. The maximum atomic E-state index is 11.1. The van der Waals surface area contributed by atoms with Crippen molar-refractivity contribution in [2.24, 2.45) is 5.92 Å². The van der Waals surface area contributed by atoms with Crippen LogP contribution in [-0.4, -0.2) is 13.2 Å². The Hall–Kier alpha value is -1.51. The van der Waals surface area contributed by atoms with Crippen LogP contribution in [0.25, 0.3) is 0 Å². The highest BCUT2D eigenvalue weighted by atomic mass is 16.5. The van der Waals surface area contributed by atoms with Crippen LogP contribution in [0.5, 0.6) is 0 Å². The van der Waals surface area contributed by atoms with Crippen molar-refractivity contribution in [3.63, 3.8) is 0 Å². The molecule has 0 aromatic heterocycles. The van der Waals surface area contributed by atoms with Gasteiger partial charge in [0.1, 0.15) is 0 Å². The Morgan fingerprint density at radius 1 is 1.40 bits per heavy atom. The molecule has 0 unspecified atom stereocenters. The Labute approximate surface area is 90.4 Å². The molecule has 1 rings (SSSR count). The molecule has 0 aliphatic rings. The molecule has 1 N–H and O–H groups in total. The van der Waals surface area contributed by atoms with Gasteiger partial charge in [0.2, 0.25) is 0 Å². The van der Waals surface area contributed by atoms with Gasteiger partial charge in [0.25, 0.3) is 0 Å². The first-order valence-corrected chi connectivity index (χ1v) is 5.06. The molecule has 0 bridgehead atoms. The van der Waals surface area contributed by atoms with E-state index < -0.39 is 6.09 Å². The molecule has 0 saturated carbocycles. The van der Waals surface area contributed by atoms with Crippen LogP contribution in [0.3, 0.4) is 0 Å². The largest absolute Gasteiger partial charge is 0.453 e. The van der Waals surface area contributed by atoms with Crippen molar-refractivity contribution in [1.82, 2.24) is 0 Å². The van der Waals surface area contributed by atoms with E-state index in [1.54, 1.807) is 0 Å². The first-order valence-electron chi connectivity index (χ1n) is 5.06. The van der Waals surface area contributed by atoms with Crippen LogP contribution < -0.4 is 5.32 Å². The van der Waals surface area contributed by atoms with E-state index in [4.69, 9.17) is 0 Å². The second-order valence-electron chi connectivity index (χ2n) is 3.87. The van der Waals surface area contributed by atoms with E-state index in [-0.39, 0.29) is 0 Å². The fourth-order valence-electron chi connectivity index (χ4n) is 1.42. The number of benzene rings is 1. The number of anilines is 1. The lowest BCUT2D eigenvalue weighted by Gasteiger charge is -2.11. The summed E-state index contributed by atoms with van der Waals surface area (Å²) in [6.45, 7) is 4.30. The molecule has 0 saturated heterocycles. The third-order valence-electron chi connectivity index (χ3n) is 2.07. The zero-order valence-corrected chi connectivity index (χ0v) is 9.41. The Balaban J connectivity index is 2.81. The molecule has 0 atom stereocenters. The van der Waals surface area contributed by atoms with Crippen molar-refractivity contribution in [3.8, 4) is 0 Å². The molecule has 3 heteroatoms. The normalized spacial score (nSPS) is 10.1. The van der Waals surface area contributed by atoms with Crippen molar-refractivity contribution in [2.75, 3.05) is 12.4 Å². The third kappa shape index (κ3) is 3.62. The molecule has 0 aliphatic carbocycles. The van der Waals surface area contributed by atoms with Crippen LogP contribution in [0.15, 0.2) is 24.3 Å². The zero-order valence-electron chi connectivity index (χ0n) is 9.41. The number of carbonyl (C=O) groups is 1. The van der Waals surface area contributed by atoms with Gasteiger partial charge in [0, 0.05) is 5.69 Å². The van der Waals surface area contributed by atoms with Crippen LogP contribution in [0.4, 0.5) is 10.5 Å². The van der Waals surface area contributed by atoms with Gasteiger partial charge < -0.3 is 4.74 Å². The summed E-state index contributed by atoms with van der Waals surface area (Å²) in [6, 6.07) is 7.77. The number of methoxy groups -OCH3 is 1. The molecule has 3 nitrogen and oxygen atoms in total. The minimum Gasteiger partial charge on any atom is -0.453 e. The predicted molar refractivity (Wildman–Crippen MR) is 61.0 cm³/mol. The second kappa shape index (κ2) is 5.39. The first kappa shape index (κ1) is 11.6. The summed E-state index contributed by atoms with van der Waals surface area (Å²) >= 11 is 0. The van der Waals surface area contributed by atoms with Crippen molar-refractivity contribution in [1.29, 1.82) is 0 Å². The Morgan fingerprint density at radius 3 is 2.67 bits per heavy atom. The fourth-order valence-corrected chi connectivity index (χ4v) is 1.42. The molecule has 0 spiro atoms. The number of rotatable bonds is 3. The highest BCUT2D eigenvalue weighted by Crippen LogP contribution is 2.18. The van der Waals surface area contributed by atoms with E-state index in [9.17, 15) is 4.79 Å². The maximum absolute atomic E-state index is 11.1. The van der Waals surface area contributed by atoms with Crippen LogP contribution in [-0.2, 0) is 11.2 Å². The number of nitrogens with one attached hydrogen (secondary N) is 1. The maximum Gasteiger partial charge on any atom is 0.411 e. The van der Waals surface area contributed by atoms with E-state index >= 15 is 0 Å². The molecule has 0 fully saturated rings. The molecule has 1 aromatic carbocycles. The average molecular weight is 207 g/mol. The van der Waals surface area contributed by atoms with Crippen molar-refractivity contribution < 1.29 is 9.53 Å². The molecule has 82 valence electrons. The standard InChI is InChI=1S/C12H17NO2/c1-9(2)8-10-6-4-5-7-11(10)13-12(14)15-3/h4-7,9H,8H2,1-3H3,(H,13,14). The predicted octanol–water partition coefficient (Wildman–Crippen LogP) is 3.06. The van der Waals surface area contributed by atoms with Crippen LogP contribution in [0.2, 0.25) is 0 Å². The summed E-state index contributed by atoms with van der Waals surface area (Å²) in [5, 5.41) is 2.70. The lowest BCUT2D eigenvalue weighted by Crippen LogP contribution is -2.13. The van der Waals surface area contributed by atoms with Gasteiger partial charge in [0.15, 0.2) is 0 Å². The van der Waals surface area contributed by atoms with Crippen molar-refractivity contribution in [2.45, 2.75) is 20.3 Å². The van der Waals surface area contributed by atoms with Crippen LogP contribution >= 0.6 is 0 Å². The van der Waals surface area contributed by atoms with Crippen LogP contribution in [0.1, 0.15) is 19.4 Å². The molecular formula is C12H17NO2. The molecular weight excluding hydrogens is 190 g/mol. The van der Waals surface area contributed by atoms with E-state index in [0.29, 0.717) is 5.92 Å². The molecule has 0 heterocycles. The molecule has 0 radical (unpaired) electrons. The summed E-state index contributed by atoms with van der Waals surface area (Å²) in [5.74, 6) is 0.561. The van der Waals surface area contributed by atoms with E-state index in [1.165, 1.54) is 7.11 Å². The number of para-hydroxylation sites is 1. The van der Waals surface area contributed by atoms with Gasteiger partial charge in [-0.15, -0.1) is 0 Å². The van der Waals surface area contributed by atoms with E-state index in [1.807, 2.05) is 24.3 Å². The Morgan fingerprint density at radius 2 is 2.07 bits per heavy atom. The summed E-state index contributed by atoms with van der Waals surface area (Å²) in [5.41, 5.74) is 1.97. The lowest BCUT2D eigenvalue weighted by atomic mass is 10.0. The molecule has 15 heavy (non-hydrogen) atoms. The third-order valence-corrected chi connectivity index (χ3v) is 2.07. The van der Waals surface area contributed by atoms with Crippen molar-refractivity contribution >= 4 is 11.8 Å². The molecule has 1 aromatic rings. The summed E-state index contributed by atoms with van der Waals surface area (Å²) < 4.78 is 4.56. The average Bonchev–Trinajstić information content (AvgIpc) is 2.20. The van der Waals surface area contributed by atoms with Crippen LogP contribution in [0, 0.1) is 5.92 Å². The number of ether oxygens (including phenoxy) is 1. The van der Waals surface area contributed by atoms with Gasteiger partial charge in [-0.3, -0.25) is 5.32 Å². The van der Waals surface area contributed by atoms with E-state index in [2.05, 4.69) is 23.9 Å². The number of carbonyl (C=O) groups excluding carboxylic acids is 1. The highest BCUT2D eigenvalue weighted by Gasteiger charge is 2.06. The Bertz CT molecular complexity index is 334. The summed E-state index contributed by atoms with van der Waals surface area (Å²) in [7, 11) is 1.36. The van der Waals surface area contributed by atoms with Gasteiger partial charge >= 0.3 is 6.09 Å². The number of hydrogen-bond donors (Lipinski definition) is 1. The zero-order chi connectivity index (χ0) is 11.3. The topological polar surface area (TPSA) is 38.3 Å². The fraction of sp³-hybridized carbons (Fsp3) is 0.417. The number of hydrogen-bond acceptors (Lipinski definition) is 2. The minimum absolute atomic E-state index is 0.425. The van der Waals surface area contributed by atoms with E-state index in [0.717, 1.165) is 17.7 Å². The number of amides is 1. The van der Waals surface area contributed by atoms with Gasteiger partial charge in [-0.1, -0.05) is 32.0 Å². The Kier molecular flexibility index (Phi) is 4.16. The van der Waals surface area contributed by atoms with Gasteiger partial charge in [-0.25, -0.2) is 4.79 Å². The summed E-state index contributed by atoms with van der Waals surface area (Å²) in [4.78, 5) is 11.1. The highest BCUT2D eigenvalue weighted by molar-refractivity contribution is 5.85. The van der Waals surface area contributed by atoms with Gasteiger partial charge in [-0.05, 0) is 24.0 Å². The lowest BCUT2D eigenvalue weighted by molar-refractivity contribution is 0.187. The monoisotopic (exact) mass is 207 g/mol. The first-order chi connectivity index (χ1) is 7.13. The smallest absolute Gasteiger partial charge is 0.411 e. The van der Waals surface area contributed by atoms with Gasteiger partial charge in [0.05, 0.1) is 7.11 Å². The molecule has 0 aliphatic heterocycles. The SMILES string of the molecule is COC(=O)Nc1ccccc1CC(C)C. The van der Waals surface area contributed by atoms with Crippen molar-refractivity contribution in [3.05, 3.63) is 29.8 Å². The quantitative estimate of drug-likeness (QED) is 0.827. The van der Waals surface area contributed by atoms with Gasteiger partial charge in [-0.2, -0.15) is 0 Å².